The van der Waals surface area contributed by atoms with E-state index in [4.69, 9.17) is 0 Å². The molecule has 1 aliphatic heterocycles. The largest absolute Gasteiger partial charge is 0.573 e. The minimum absolute atomic E-state index is 0.0125. The van der Waals surface area contributed by atoms with Crippen LogP contribution in [0.1, 0.15) is 55.9 Å². The van der Waals surface area contributed by atoms with Crippen LogP contribution in [0.25, 0.3) is 0 Å². The molecular formula is C25H33F3N2O2. The second kappa shape index (κ2) is 9.22. The quantitative estimate of drug-likeness (QED) is 0.523. The number of rotatable bonds is 5. The maximum Gasteiger partial charge on any atom is 0.573 e. The number of fused-ring (bicyclic) bond motifs is 1. The van der Waals surface area contributed by atoms with Crippen LogP contribution < -0.4 is 15.0 Å². The molecule has 176 valence electrons. The fourth-order valence-corrected chi connectivity index (χ4v) is 4.30. The summed E-state index contributed by atoms with van der Waals surface area (Å²) >= 11 is 0. The highest BCUT2D eigenvalue weighted by Gasteiger charge is 2.31. The van der Waals surface area contributed by atoms with Crippen molar-refractivity contribution in [3.05, 3.63) is 52.6 Å². The van der Waals surface area contributed by atoms with Crippen molar-refractivity contribution in [1.29, 1.82) is 0 Å². The molecule has 0 spiro atoms. The van der Waals surface area contributed by atoms with Crippen LogP contribution in [-0.2, 0) is 13.0 Å². The predicted octanol–water partition coefficient (Wildman–Crippen LogP) is 6.32. The molecule has 4 nitrogen and oxygen atoms in total. The number of ether oxygens (including phenoxy) is 1. The first-order chi connectivity index (χ1) is 14.8. The summed E-state index contributed by atoms with van der Waals surface area (Å²) in [6.45, 7) is 11.8. The number of aliphatic hydroxyl groups is 1. The summed E-state index contributed by atoms with van der Waals surface area (Å²) in [5, 5.41) is 13.7. The SMILES string of the molecule is Cc1cc(N2CCCc3cc(OC(F)(F)F)ccc3C2)cc(C)c1NC(O)CC(C)(C)C. The lowest BCUT2D eigenvalue weighted by Crippen LogP contribution is -2.26. The second-order valence-electron chi connectivity index (χ2n) is 9.88. The molecule has 0 radical (unpaired) electrons. The minimum atomic E-state index is -4.68. The third kappa shape index (κ3) is 6.55. The highest BCUT2D eigenvalue weighted by molar-refractivity contribution is 5.65. The average molecular weight is 451 g/mol. The van der Waals surface area contributed by atoms with Gasteiger partial charge in [0.15, 0.2) is 0 Å². The van der Waals surface area contributed by atoms with Crippen LogP contribution in [0.4, 0.5) is 24.5 Å². The lowest BCUT2D eigenvalue weighted by molar-refractivity contribution is -0.274. The number of aliphatic hydroxyl groups excluding tert-OH is 1. The molecule has 32 heavy (non-hydrogen) atoms. The standard InChI is InChI=1S/C25H33F3N2O2/c1-16-11-20(12-17(2)23(16)29-22(31)14-24(3,4)5)30-10-6-7-18-13-21(32-25(26,27)28)9-8-19(18)15-30/h8-9,11-13,22,29,31H,6-7,10,14-15H2,1-5H3. The molecule has 0 saturated heterocycles. The van der Waals surface area contributed by atoms with E-state index in [1.165, 1.54) is 12.1 Å². The number of nitrogens with one attached hydrogen (secondary N) is 1. The summed E-state index contributed by atoms with van der Waals surface area (Å²) in [4.78, 5) is 2.26. The number of hydrogen-bond acceptors (Lipinski definition) is 4. The molecule has 0 fully saturated rings. The Morgan fingerprint density at radius 1 is 1.06 bits per heavy atom. The fraction of sp³-hybridized carbons (Fsp3) is 0.520. The number of nitrogens with zero attached hydrogens (tertiary/aromatic N) is 1. The van der Waals surface area contributed by atoms with E-state index in [1.807, 2.05) is 13.8 Å². The highest BCUT2D eigenvalue weighted by Crippen LogP contribution is 2.33. The van der Waals surface area contributed by atoms with E-state index in [2.05, 4.69) is 47.9 Å². The van der Waals surface area contributed by atoms with Gasteiger partial charge in [-0.1, -0.05) is 26.8 Å². The van der Waals surface area contributed by atoms with Gasteiger partial charge in [0, 0.05) is 24.5 Å². The molecule has 1 unspecified atom stereocenters. The lowest BCUT2D eigenvalue weighted by atomic mass is 9.91. The van der Waals surface area contributed by atoms with Gasteiger partial charge >= 0.3 is 6.36 Å². The molecule has 2 N–H and O–H groups in total. The van der Waals surface area contributed by atoms with Gasteiger partial charge in [-0.2, -0.15) is 0 Å². The summed E-state index contributed by atoms with van der Waals surface area (Å²) in [6, 6.07) is 8.83. The predicted molar refractivity (Wildman–Crippen MR) is 122 cm³/mol. The number of benzene rings is 2. The van der Waals surface area contributed by atoms with E-state index in [-0.39, 0.29) is 11.2 Å². The minimum Gasteiger partial charge on any atom is -0.406 e. The molecule has 1 atom stereocenters. The van der Waals surface area contributed by atoms with Crippen LogP contribution in [0.15, 0.2) is 30.3 Å². The van der Waals surface area contributed by atoms with Gasteiger partial charge in [-0.05, 0) is 85.0 Å². The Labute approximate surface area is 188 Å². The Hall–Kier alpha value is -2.41. The van der Waals surface area contributed by atoms with Gasteiger partial charge in [0.05, 0.1) is 0 Å². The van der Waals surface area contributed by atoms with Crippen LogP contribution in [0, 0.1) is 19.3 Å². The van der Waals surface area contributed by atoms with Gasteiger partial charge < -0.3 is 20.1 Å². The van der Waals surface area contributed by atoms with E-state index >= 15 is 0 Å². The first-order valence-corrected chi connectivity index (χ1v) is 11.0. The Bertz CT molecular complexity index is 928. The number of hydrogen-bond donors (Lipinski definition) is 2. The van der Waals surface area contributed by atoms with E-state index < -0.39 is 12.6 Å². The van der Waals surface area contributed by atoms with Crippen LogP contribution in [0.3, 0.4) is 0 Å². The molecule has 0 aromatic heterocycles. The zero-order valence-electron chi connectivity index (χ0n) is 19.4. The zero-order valence-corrected chi connectivity index (χ0v) is 19.4. The smallest absolute Gasteiger partial charge is 0.406 e. The first-order valence-electron chi connectivity index (χ1n) is 11.0. The van der Waals surface area contributed by atoms with Crippen molar-refractivity contribution in [3.8, 4) is 5.75 Å². The maximum absolute atomic E-state index is 12.6. The van der Waals surface area contributed by atoms with E-state index in [1.54, 1.807) is 6.07 Å². The van der Waals surface area contributed by atoms with Gasteiger partial charge in [-0.25, -0.2) is 0 Å². The molecule has 2 aromatic carbocycles. The molecule has 7 heteroatoms. The number of halogens is 3. The summed E-state index contributed by atoms with van der Waals surface area (Å²) in [5.74, 6) is -0.166. The number of alkyl halides is 3. The van der Waals surface area contributed by atoms with Crippen molar-refractivity contribution in [2.45, 2.75) is 73.0 Å². The average Bonchev–Trinajstić information content (AvgIpc) is 2.84. The van der Waals surface area contributed by atoms with Crippen LogP contribution in [0.2, 0.25) is 0 Å². The molecule has 1 aliphatic rings. The van der Waals surface area contributed by atoms with Crippen molar-refractivity contribution < 1.29 is 23.0 Å². The van der Waals surface area contributed by atoms with Crippen molar-refractivity contribution in [3.63, 3.8) is 0 Å². The monoisotopic (exact) mass is 450 g/mol. The molecule has 0 aliphatic carbocycles. The summed E-state index contributed by atoms with van der Waals surface area (Å²) in [7, 11) is 0. The summed E-state index contributed by atoms with van der Waals surface area (Å²) < 4.78 is 41.7. The molecule has 0 amide bonds. The third-order valence-electron chi connectivity index (χ3n) is 5.65. The Morgan fingerprint density at radius 3 is 2.31 bits per heavy atom. The Balaban J connectivity index is 1.78. The normalized spacial score (nSPS) is 15.7. The highest BCUT2D eigenvalue weighted by atomic mass is 19.4. The number of aryl methyl sites for hydroxylation is 3. The Morgan fingerprint density at radius 2 is 1.72 bits per heavy atom. The molecule has 0 saturated carbocycles. The lowest BCUT2D eigenvalue weighted by Gasteiger charge is -2.28. The van der Waals surface area contributed by atoms with Gasteiger partial charge in [0.25, 0.3) is 0 Å². The molecule has 1 heterocycles. The zero-order chi connectivity index (χ0) is 23.7. The molecular weight excluding hydrogens is 417 g/mol. The molecule has 0 bridgehead atoms. The van der Waals surface area contributed by atoms with Gasteiger partial charge in [-0.3, -0.25) is 0 Å². The van der Waals surface area contributed by atoms with Crippen molar-refractivity contribution >= 4 is 11.4 Å². The van der Waals surface area contributed by atoms with Crippen LogP contribution >= 0.6 is 0 Å². The van der Waals surface area contributed by atoms with E-state index in [0.29, 0.717) is 19.4 Å². The van der Waals surface area contributed by atoms with Crippen LogP contribution in [0.5, 0.6) is 5.75 Å². The van der Waals surface area contributed by atoms with Crippen LogP contribution in [-0.4, -0.2) is 24.2 Å². The topological polar surface area (TPSA) is 44.7 Å². The first kappa shape index (κ1) is 24.2. The summed E-state index contributed by atoms with van der Waals surface area (Å²) in [6.07, 6.45) is -3.13. The number of anilines is 2. The maximum atomic E-state index is 12.6. The van der Waals surface area contributed by atoms with E-state index in [0.717, 1.165) is 46.6 Å². The van der Waals surface area contributed by atoms with Gasteiger partial charge in [0.1, 0.15) is 12.0 Å². The van der Waals surface area contributed by atoms with Crippen molar-refractivity contribution in [1.82, 2.24) is 0 Å². The molecule has 2 aromatic rings. The van der Waals surface area contributed by atoms with Crippen molar-refractivity contribution in [2.75, 3.05) is 16.8 Å². The summed E-state index contributed by atoms with van der Waals surface area (Å²) in [5.41, 5.74) is 6.02. The fourth-order valence-electron chi connectivity index (χ4n) is 4.30. The second-order valence-corrected chi connectivity index (χ2v) is 9.88. The van der Waals surface area contributed by atoms with Gasteiger partial charge in [-0.15, -0.1) is 13.2 Å². The molecule has 3 rings (SSSR count). The van der Waals surface area contributed by atoms with Gasteiger partial charge in [0.2, 0.25) is 0 Å². The third-order valence-corrected chi connectivity index (χ3v) is 5.65. The Kier molecular flexibility index (Phi) is 6.98. The van der Waals surface area contributed by atoms with Crippen molar-refractivity contribution in [2.24, 2.45) is 5.41 Å². The van der Waals surface area contributed by atoms with E-state index in [9.17, 15) is 18.3 Å².